The molecule has 2 amide bonds. The Kier molecular flexibility index (Phi) is 6.12. The molecule has 0 unspecified atom stereocenters. The second kappa shape index (κ2) is 8.58. The summed E-state index contributed by atoms with van der Waals surface area (Å²) in [5.74, 6) is -0.915. The minimum absolute atomic E-state index is 0.0469. The molecule has 8 nitrogen and oxygen atoms in total. The van der Waals surface area contributed by atoms with E-state index in [0.717, 1.165) is 6.26 Å². The molecular weight excluding hydrogens is 408 g/mol. The van der Waals surface area contributed by atoms with E-state index in [4.69, 9.17) is 9.15 Å². The van der Waals surface area contributed by atoms with Crippen molar-refractivity contribution in [2.24, 2.45) is 0 Å². The summed E-state index contributed by atoms with van der Waals surface area (Å²) in [6.45, 7) is 1.99. The highest BCUT2D eigenvalue weighted by Gasteiger charge is 2.23. The van der Waals surface area contributed by atoms with E-state index in [0.29, 0.717) is 27.9 Å². The number of amides is 2. The number of benzene rings is 2. The molecule has 0 aliphatic carbocycles. The zero-order valence-corrected chi connectivity index (χ0v) is 17.7. The Hall–Kier alpha value is -3.33. The van der Waals surface area contributed by atoms with E-state index in [1.165, 1.54) is 4.90 Å². The Morgan fingerprint density at radius 1 is 1.10 bits per heavy atom. The highest BCUT2D eigenvalue weighted by molar-refractivity contribution is 7.89. The first-order valence-electron chi connectivity index (χ1n) is 9.19. The SMILES string of the molecule is CCOC(=O)N(C)c1ccc(NC(=O)c2oc3ccccc3c2CS(C)(=O)=O)cc1. The van der Waals surface area contributed by atoms with Gasteiger partial charge in [0.25, 0.3) is 5.91 Å². The van der Waals surface area contributed by atoms with Gasteiger partial charge in [-0.1, -0.05) is 18.2 Å². The van der Waals surface area contributed by atoms with Crippen LogP contribution in [0.1, 0.15) is 23.0 Å². The number of carbonyl (C=O) groups is 2. The number of ether oxygens (including phenoxy) is 1. The molecule has 0 saturated heterocycles. The van der Waals surface area contributed by atoms with Crippen LogP contribution in [0.4, 0.5) is 16.2 Å². The largest absolute Gasteiger partial charge is 0.451 e. The fraction of sp³-hybridized carbons (Fsp3) is 0.238. The van der Waals surface area contributed by atoms with Crippen molar-refractivity contribution in [3.8, 4) is 0 Å². The lowest BCUT2D eigenvalue weighted by molar-refractivity contribution is 0.0997. The normalized spacial score (nSPS) is 11.3. The number of para-hydroxylation sites is 1. The number of nitrogens with one attached hydrogen (secondary N) is 1. The molecule has 0 saturated carbocycles. The minimum atomic E-state index is -3.38. The summed E-state index contributed by atoms with van der Waals surface area (Å²) in [4.78, 5) is 26.0. The molecule has 0 spiro atoms. The first-order chi connectivity index (χ1) is 14.2. The number of carbonyl (C=O) groups excluding carboxylic acids is 2. The predicted octanol–water partition coefficient (Wildman–Crippen LogP) is 3.82. The van der Waals surface area contributed by atoms with Crippen LogP contribution >= 0.6 is 0 Å². The average Bonchev–Trinajstić information content (AvgIpc) is 3.05. The van der Waals surface area contributed by atoms with Gasteiger partial charge in [-0.15, -0.1) is 0 Å². The molecule has 158 valence electrons. The smallest absolute Gasteiger partial charge is 0.413 e. The molecular formula is C21H22N2O6S. The van der Waals surface area contributed by atoms with Gasteiger partial charge in [-0.3, -0.25) is 9.69 Å². The molecule has 1 aromatic heterocycles. The van der Waals surface area contributed by atoms with Crippen molar-refractivity contribution in [3.63, 3.8) is 0 Å². The Labute approximate surface area is 174 Å². The van der Waals surface area contributed by atoms with Crippen LogP contribution in [0.15, 0.2) is 52.9 Å². The molecule has 1 N–H and O–H groups in total. The Balaban J connectivity index is 1.85. The average molecular weight is 430 g/mol. The molecule has 3 rings (SSSR count). The summed E-state index contributed by atoms with van der Waals surface area (Å²) in [6, 6.07) is 13.5. The predicted molar refractivity (Wildman–Crippen MR) is 115 cm³/mol. The van der Waals surface area contributed by atoms with Gasteiger partial charge in [-0.05, 0) is 37.3 Å². The van der Waals surface area contributed by atoms with E-state index in [-0.39, 0.29) is 18.1 Å². The van der Waals surface area contributed by atoms with Crippen LogP contribution in [0.2, 0.25) is 0 Å². The van der Waals surface area contributed by atoms with Crippen molar-refractivity contribution >= 4 is 44.2 Å². The first-order valence-corrected chi connectivity index (χ1v) is 11.3. The molecule has 0 radical (unpaired) electrons. The third kappa shape index (κ3) is 4.80. The van der Waals surface area contributed by atoms with Gasteiger partial charge in [0.1, 0.15) is 5.58 Å². The fourth-order valence-electron chi connectivity index (χ4n) is 2.97. The second-order valence-corrected chi connectivity index (χ2v) is 8.88. The van der Waals surface area contributed by atoms with Crippen LogP contribution in [0.3, 0.4) is 0 Å². The maximum atomic E-state index is 12.8. The summed E-state index contributed by atoms with van der Waals surface area (Å²) in [5, 5.41) is 3.29. The Bertz CT molecular complexity index is 1180. The number of fused-ring (bicyclic) bond motifs is 1. The molecule has 0 bridgehead atoms. The van der Waals surface area contributed by atoms with Crippen LogP contribution in [-0.4, -0.2) is 40.3 Å². The molecule has 30 heavy (non-hydrogen) atoms. The third-order valence-electron chi connectivity index (χ3n) is 4.37. The van der Waals surface area contributed by atoms with Gasteiger partial charge in [-0.2, -0.15) is 0 Å². The van der Waals surface area contributed by atoms with Gasteiger partial charge < -0.3 is 14.5 Å². The summed E-state index contributed by atoms with van der Waals surface area (Å²) >= 11 is 0. The van der Waals surface area contributed by atoms with Crippen LogP contribution in [0.25, 0.3) is 11.0 Å². The van der Waals surface area contributed by atoms with Crippen molar-refractivity contribution in [1.82, 2.24) is 0 Å². The maximum Gasteiger partial charge on any atom is 0.413 e. The van der Waals surface area contributed by atoms with Crippen LogP contribution in [-0.2, 0) is 20.3 Å². The molecule has 2 aromatic carbocycles. The van der Waals surface area contributed by atoms with Crippen molar-refractivity contribution in [1.29, 1.82) is 0 Å². The number of rotatable bonds is 6. The number of nitrogens with zero attached hydrogens (tertiary/aromatic N) is 1. The monoisotopic (exact) mass is 430 g/mol. The number of furan rings is 1. The summed E-state index contributed by atoms with van der Waals surface area (Å²) < 4.78 is 34.3. The van der Waals surface area contributed by atoms with E-state index in [1.807, 2.05) is 0 Å². The lowest BCUT2D eigenvalue weighted by Crippen LogP contribution is -2.26. The second-order valence-electron chi connectivity index (χ2n) is 6.73. The summed E-state index contributed by atoms with van der Waals surface area (Å²) in [7, 11) is -1.80. The number of hydrogen-bond donors (Lipinski definition) is 1. The summed E-state index contributed by atoms with van der Waals surface area (Å²) in [6.07, 6.45) is 0.622. The van der Waals surface area contributed by atoms with Gasteiger partial charge in [0, 0.05) is 35.6 Å². The van der Waals surface area contributed by atoms with E-state index in [1.54, 1.807) is 62.5 Å². The highest BCUT2D eigenvalue weighted by atomic mass is 32.2. The van der Waals surface area contributed by atoms with Crippen LogP contribution in [0.5, 0.6) is 0 Å². The third-order valence-corrected chi connectivity index (χ3v) is 5.18. The van der Waals surface area contributed by atoms with Gasteiger partial charge in [-0.25, -0.2) is 13.2 Å². The zero-order chi connectivity index (χ0) is 21.9. The lowest BCUT2D eigenvalue weighted by Gasteiger charge is -2.16. The quantitative estimate of drug-likeness (QED) is 0.637. The number of sulfone groups is 1. The van der Waals surface area contributed by atoms with E-state index < -0.39 is 21.8 Å². The van der Waals surface area contributed by atoms with Crippen molar-refractivity contribution in [2.45, 2.75) is 12.7 Å². The molecule has 3 aromatic rings. The topological polar surface area (TPSA) is 106 Å². The van der Waals surface area contributed by atoms with Gasteiger partial charge in [0.2, 0.25) is 0 Å². The van der Waals surface area contributed by atoms with Crippen molar-refractivity contribution in [2.75, 3.05) is 30.1 Å². The molecule has 0 aliphatic rings. The van der Waals surface area contributed by atoms with Gasteiger partial charge in [0.15, 0.2) is 15.6 Å². The molecule has 0 atom stereocenters. The van der Waals surface area contributed by atoms with Crippen molar-refractivity contribution < 1.29 is 27.2 Å². The van der Waals surface area contributed by atoms with Gasteiger partial charge in [0.05, 0.1) is 12.4 Å². The first kappa shape index (κ1) is 21.4. The number of hydrogen-bond acceptors (Lipinski definition) is 6. The van der Waals surface area contributed by atoms with E-state index >= 15 is 0 Å². The summed E-state index contributed by atoms with van der Waals surface area (Å²) in [5.41, 5.74) is 1.82. The number of anilines is 2. The fourth-order valence-corrected chi connectivity index (χ4v) is 3.78. The molecule has 1 heterocycles. The molecule has 9 heteroatoms. The Morgan fingerprint density at radius 3 is 2.40 bits per heavy atom. The van der Waals surface area contributed by atoms with E-state index in [9.17, 15) is 18.0 Å². The van der Waals surface area contributed by atoms with Gasteiger partial charge >= 0.3 is 6.09 Å². The highest BCUT2D eigenvalue weighted by Crippen LogP contribution is 2.28. The van der Waals surface area contributed by atoms with E-state index in [2.05, 4.69) is 5.32 Å². The van der Waals surface area contributed by atoms with Crippen molar-refractivity contribution in [3.05, 3.63) is 59.9 Å². The minimum Gasteiger partial charge on any atom is -0.451 e. The molecule has 0 fully saturated rings. The maximum absolute atomic E-state index is 12.8. The van der Waals surface area contributed by atoms with Crippen LogP contribution in [0, 0.1) is 0 Å². The lowest BCUT2D eigenvalue weighted by atomic mass is 10.1. The Morgan fingerprint density at radius 2 is 1.77 bits per heavy atom. The molecule has 0 aliphatic heterocycles. The zero-order valence-electron chi connectivity index (χ0n) is 16.8. The van der Waals surface area contributed by atoms with Crippen LogP contribution < -0.4 is 10.2 Å². The standard InChI is InChI=1S/C21H22N2O6S/c1-4-28-21(25)23(2)15-11-9-14(10-12-15)22-20(24)19-17(13-30(3,26)27)16-7-5-6-8-18(16)29-19/h5-12H,4,13H2,1-3H3,(H,22,24).